The lowest BCUT2D eigenvalue weighted by Crippen LogP contribution is -2.29. The Morgan fingerprint density at radius 3 is 2.80 bits per heavy atom. The number of rotatable bonds is 8. The van der Waals surface area contributed by atoms with E-state index in [2.05, 4.69) is 10.4 Å². The van der Waals surface area contributed by atoms with Gasteiger partial charge in [0.25, 0.3) is 5.91 Å². The van der Waals surface area contributed by atoms with Crippen molar-refractivity contribution in [3.63, 3.8) is 0 Å². The normalized spacial score (nSPS) is 11.9. The average molecular weight is 415 g/mol. The molecule has 0 saturated carbocycles. The zero-order chi connectivity index (χ0) is 21.7. The first-order chi connectivity index (χ1) is 14.4. The van der Waals surface area contributed by atoms with Crippen LogP contribution in [-0.4, -0.2) is 28.9 Å². The fraction of sp³-hybridized carbons (Fsp3) is 0.273. The monoisotopic (exact) mass is 415 g/mol. The molecular formula is C22H23F2N3O3. The molecule has 0 aliphatic rings. The van der Waals surface area contributed by atoms with Gasteiger partial charge < -0.3 is 14.8 Å². The molecule has 0 aliphatic carbocycles. The van der Waals surface area contributed by atoms with Crippen molar-refractivity contribution in [1.29, 1.82) is 0 Å². The lowest BCUT2D eigenvalue weighted by molar-refractivity contribution is -0.127. The highest BCUT2D eigenvalue weighted by atomic mass is 19.1. The molecular weight excluding hydrogens is 392 g/mol. The van der Waals surface area contributed by atoms with E-state index in [0.29, 0.717) is 17.1 Å². The first kappa shape index (κ1) is 21.4. The quantitative estimate of drug-likeness (QED) is 0.602. The molecule has 0 aliphatic heterocycles. The number of hydrogen-bond acceptors (Lipinski definition) is 4. The number of halogens is 2. The van der Waals surface area contributed by atoms with Crippen molar-refractivity contribution in [2.45, 2.75) is 33.1 Å². The number of carbonyl (C=O) groups excluding carboxylic acids is 1. The molecule has 0 fully saturated rings. The minimum Gasteiger partial charge on any atom is -0.497 e. The van der Waals surface area contributed by atoms with Crippen LogP contribution in [0, 0.1) is 18.6 Å². The van der Waals surface area contributed by atoms with Crippen molar-refractivity contribution in [3.05, 3.63) is 77.0 Å². The Morgan fingerprint density at radius 2 is 2.03 bits per heavy atom. The maximum absolute atomic E-state index is 14.0. The van der Waals surface area contributed by atoms with E-state index in [0.717, 1.165) is 23.8 Å². The number of aryl methyl sites for hydroxylation is 1. The van der Waals surface area contributed by atoms with Crippen LogP contribution >= 0.6 is 0 Å². The van der Waals surface area contributed by atoms with Gasteiger partial charge in [0, 0.05) is 11.1 Å². The number of nitrogens with one attached hydrogen (secondary N) is 1. The van der Waals surface area contributed by atoms with E-state index in [1.165, 1.54) is 4.68 Å². The Hall–Kier alpha value is -3.26. The number of hydrogen-bond donors (Lipinski definition) is 1. The summed E-state index contributed by atoms with van der Waals surface area (Å²) in [5.41, 5.74) is 1.70. The van der Waals surface area contributed by atoms with Gasteiger partial charge in [0.2, 0.25) is 0 Å². The molecule has 1 unspecified atom stereocenters. The zero-order valence-electron chi connectivity index (χ0n) is 17.0. The summed E-state index contributed by atoms with van der Waals surface area (Å²) in [6.45, 7) is 3.62. The fourth-order valence-electron chi connectivity index (χ4n) is 2.87. The number of carbonyl (C=O) groups is 1. The number of nitrogens with zero attached hydrogens (tertiary/aromatic N) is 2. The van der Waals surface area contributed by atoms with E-state index in [-0.39, 0.29) is 24.6 Å². The first-order valence-corrected chi connectivity index (χ1v) is 9.39. The molecule has 0 radical (unpaired) electrons. The van der Waals surface area contributed by atoms with Gasteiger partial charge in [-0.2, -0.15) is 5.10 Å². The van der Waals surface area contributed by atoms with Gasteiger partial charge in [0.05, 0.1) is 26.5 Å². The van der Waals surface area contributed by atoms with Gasteiger partial charge in [0.1, 0.15) is 29.3 Å². The molecule has 8 heteroatoms. The Balaban J connectivity index is 1.66. The maximum Gasteiger partial charge on any atom is 0.254 e. The summed E-state index contributed by atoms with van der Waals surface area (Å²) in [5.74, 6) is -0.350. The molecule has 1 atom stereocenters. The van der Waals surface area contributed by atoms with Crippen molar-refractivity contribution >= 4 is 11.7 Å². The van der Waals surface area contributed by atoms with Gasteiger partial charge in [-0.25, -0.2) is 13.5 Å². The molecule has 1 amide bonds. The van der Waals surface area contributed by atoms with Crippen molar-refractivity contribution in [1.82, 2.24) is 9.78 Å². The van der Waals surface area contributed by atoms with Crippen molar-refractivity contribution in [3.8, 4) is 5.75 Å². The Labute approximate surface area is 173 Å². The minimum atomic E-state index is -0.746. The molecule has 30 heavy (non-hydrogen) atoms. The second-order valence-electron chi connectivity index (χ2n) is 6.86. The van der Waals surface area contributed by atoms with E-state index >= 15 is 0 Å². The van der Waals surface area contributed by atoms with Gasteiger partial charge in [-0.1, -0.05) is 12.1 Å². The van der Waals surface area contributed by atoms with Crippen LogP contribution in [-0.2, 0) is 22.7 Å². The molecule has 158 valence electrons. The summed E-state index contributed by atoms with van der Waals surface area (Å²) in [6.07, 6.45) is 0.805. The summed E-state index contributed by atoms with van der Waals surface area (Å²) in [6, 6.07) is 10.6. The van der Waals surface area contributed by atoms with Crippen molar-refractivity contribution in [2.24, 2.45) is 0 Å². The Morgan fingerprint density at radius 1 is 1.23 bits per heavy atom. The van der Waals surface area contributed by atoms with Crippen molar-refractivity contribution in [2.75, 3.05) is 12.4 Å². The third-order valence-electron chi connectivity index (χ3n) is 4.60. The largest absolute Gasteiger partial charge is 0.497 e. The lowest BCUT2D eigenvalue weighted by Gasteiger charge is -2.16. The van der Waals surface area contributed by atoms with Crippen LogP contribution in [0.3, 0.4) is 0 Å². The number of amides is 1. The van der Waals surface area contributed by atoms with Gasteiger partial charge in [-0.15, -0.1) is 0 Å². The fourth-order valence-corrected chi connectivity index (χ4v) is 2.87. The Bertz CT molecular complexity index is 1040. The van der Waals surface area contributed by atoms with Gasteiger partial charge in [-0.05, 0) is 49.7 Å². The summed E-state index contributed by atoms with van der Waals surface area (Å²) >= 11 is 0. The minimum absolute atomic E-state index is 0.0217. The van der Waals surface area contributed by atoms with E-state index in [9.17, 15) is 13.6 Å². The number of aromatic nitrogens is 2. The molecule has 0 bridgehead atoms. The van der Waals surface area contributed by atoms with Crippen LogP contribution in [0.4, 0.5) is 14.6 Å². The van der Waals surface area contributed by atoms with E-state index in [4.69, 9.17) is 9.47 Å². The highest BCUT2D eigenvalue weighted by molar-refractivity contribution is 5.93. The first-order valence-electron chi connectivity index (χ1n) is 9.39. The highest BCUT2D eigenvalue weighted by Gasteiger charge is 2.18. The number of anilines is 1. The van der Waals surface area contributed by atoms with Gasteiger partial charge >= 0.3 is 0 Å². The summed E-state index contributed by atoms with van der Waals surface area (Å²) in [4.78, 5) is 12.6. The number of methoxy groups -OCH3 is 1. The molecule has 0 saturated heterocycles. The number of ether oxygens (including phenoxy) is 2. The van der Waals surface area contributed by atoms with E-state index in [1.54, 1.807) is 27.2 Å². The predicted molar refractivity (Wildman–Crippen MR) is 108 cm³/mol. The summed E-state index contributed by atoms with van der Waals surface area (Å²) < 4.78 is 39.7. The topological polar surface area (TPSA) is 65.4 Å². The predicted octanol–water partition coefficient (Wildman–Crippen LogP) is 4.07. The van der Waals surface area contributed by atoms with Crippen LogP contribution in [0.5, 0.6) is 5.75 Å². The SMILES string of the molecule is COc1cccc(COC(C)C(=O)Nc2c(C)cnn2Cc2cc(F)ccc2F)c1. The molecule has 0 spiro atoms. The standard InChI is InChI=1S/C22H23F2N3O3/c1-14-11-25-27(12-17-10-18(23)7-8-20(17)24)21(14)26-22(28)15(2)30-13-16-5-4-6-19(9-16)29-3/h4-11,15H,12-13H2,1-3H3,(H,26,28). The molecule has 6 nitrogen and oxygen atoms in total. The smallest absolute Gasteiger partial charge is 0.254 e. The van der Waals surface area contributed by atoms with Crippen LogP contribution < -0.4 is 10.1 Å². The van der Waals surface area contributed by atoms with Crippen LogP contribution in [0.15, 0.2) is 48.7 Å². The van der Waals surface area contributed by atoms with E-state index in [1.807, 2.05) is 24.3 Å². The summed E-state index contributed by atoms with van der Waals surface area (Å²) in [5, 5.41) is 6.93. The third-order valence-corrected chi connectivity index (χ3v) is 4.60. The van der Waals surface area contributed by atoms with Crippen LogP contribution in [0.25, 0.3) is 0 Å². The third kappa shape index (κ3) is 5.21. The second-order valence-corrected chi connectivity index (χ2v) is 6.86. The van der Waals surface area contributed by atoms with Crippen LogP contribution in [0.1, 0.15) is 23.6 Å². The molecule has 3 aromatic rings. The lowest BCUT2D eigenvalue weighted by atomic mass is 10.2. The molecule has 1 N–H and O–H groups in total. The van der Waals surface area contributed by atoms with Crippen LogP contribution in [0.2, 0.25) is 0 Å². The number of benzene rings is 2. The molecule has 1 aromatic heterocycles. The zero-order valence-corrected chi connectivity index (χ0v) is 17.0. The molecule has 1 heterocycles. The molecule has 2 aromatic carbocycles. The van der Waals surface area contributed by atoms with E-state index < -0.39 is 17.7 Å². The average Bonchev–Trinajstić information content (AvgIpc) is 3.08. The van der Waals surface area contributed by atoms with Crippen molar-refractivity contribution < 1.29 is 23.0 Å². The highest BCUT2D eigenvalue weighted by Crippen LogP contribution is 2.19. The Kier molecular flexibility index (Phi) is 6.79. The molecule has 3 rings (SSSR count). The van der Waals surface area contributed by atoms with Gasteiger partial charge in [0.15, 0.2) is 0 Å². The summed E-state index contributed by atoms with van der Waals surface area (Å²) in [7, 11) is 1.58. The maximum atomic E-state index is 14.0. The second kappa shape index (κ2) is 9.49. The van der Waals surface area contributed by atoms with Gasteiger partial charge in [-0.3, -0.25) is 4.79 Å².